The summed E-state index contributed by atoms with van der Waals surface area (Å²) < 4.78 is 42.6. The molecule has 0 saturated carbocycles. The number of hydrogen-bond acceptors (Lipinski definition) is 6. The largest absolute Gasteiger partial charge is 0.530 e. The Morgan fingerprint density at radius 1 is 0.448 bits per heavy atom. The van der Waals surface area contributed by atoms with Gasteiger partial charge in [-0.2, -0.15) is 0 Å². The zero-order chi connectivity index (χ0) is 47.1. The van der Waals surface area contributed by atoms with Crippen LogP contribution in [0.1, 0.15) is 122 Å². The van der Waals surface area contributed by atoms with Crippen molar-refractivity contribution < 1.29 is 27.8 Å². The van der Waals surface area contributed by atoms with E-state index in [1.807, 2.05) is 6.07 Å². The van der Waals surface area contributed by atoms with Crippen molar-refractivity contribution in [1.29, 1.82) is 0 Å². The SMILES string of the molecule is Cc1ccc(C(C)C)c(OC(Oc2cc(C)ccc2C(C)C)Oc2ccc3ccccc3c2-c2c3c(cc4ccccc24)C(C)c2ccc(C)cc2OP(Oc2cc(C)ccc2C(C)C)O3)c1. The maximum absolute atomic E-state index is 7.39. The number of benzene rings is 8. The van der Waals surface area contributed by atoms with Crippen LogP contribution in [0.3, 0.4) is 0 Å². The van der Waals surface area contributed by atoms with Crippen molar-refractivity contribution in [2.24, 2.45) is 0 Å². The van der Waals surface area contributed by atoms with Crippen LogP contribution in [-0.4, -0.2) is 6.48 Å². The molecule has 2 unspecified atom stereocenters. The van der Waals surface area contributed by atoms with Crippen molar-refractivity contribution in [3.8, 4) is 45.6 Å². The molecule has 67 heavy (non-hydrogen) atoms. The van der Waals surface area contributed by atoms with Gasteiger partial charge in [0.25, 0.3) is 0 Å². The minimum atomic E-state index is -2.06. The van der Waals surface area contributed by atoms with Crippen LogP contribution < -0.4 is 27.8 Å². The lowest BCUT2D eigenvalue weighted by atomic mass is 9.84. The summed E-state index contributed by atoms with van der Waals surface area (Å²) in [5.41, 5.74) is 11.3. The first-order chi connectivity index (χ1) is 32.2. The lowest BCUT2D eigenvalue weighted by Crippen LogP contribution is -2.31. The number of hydrogen-bond donors (Lipinski definition) is 0. The predicted molar refractivity (Wildman–Crippen MR) is 276 cm³/mol. The van der Waals surface area contributed by atoms with Crippen LogP contribution in [-0.2, 0) is 0 Å². The summed E-state index contributed by atoms with van der Waals surface area (Å²) in [5, 5.41) is 4.09. The van der Waals surface area contributed by atoms with Gasteiger partial charge in [-0.05, 0) is 142 Å². The zero-order valence-electron chi connectivity index (χ0n) is 40.6. The molecule has 1 aliphatic rings. The molecule has 0 amide bonds. The summed E-state index contributed by atoms with van der Waals surface area (Å²) in [4.78, 5) is 0. The highest BCUT2D eigenvalue weighted by molar-refractivity contribution is 7.43. The average Bonchev–Trinajstić information content (AvgIpc) is 3.28. The Balaban J connectivity index is 1.29. The van der Waals surface area contributed by atoms with Crippen molar-refractivity contribution in [1.82, 2.24) is 0 Å². The third-order valence-corrected chi connectivity index (χ3v) is 13.9. The average molecular weight is 909 g/mol. The first-order valence-corrected chi connectivity index (χ1v) is 24.7. The first-order valence-electron chi connectivity index (χ1n) is 23.6. The van der Waals surface area contributed by atoms with Crippen LogP contribution in [0.15, 0.2) is 140 Å². The minimum absolute atomic E-state index is 0.124. The fraction of sp³-hybridized carbons (Fsp3) is 0.267. The molecule has 9 rings (SSSR count). The van der Waals surface area contributed by atoms with E-state index in [1.165, 1.54) is 0 Å². The van der Waals surface area contributed by atoms with Gasteiger partial charge in [-0.1, -0.05) is 152 Å². The molecule has 0 spiro atoms. The Morgan fingerprint density at radius 3 is 1.54 bits per heavy atom. The quantitative estimate of drug-likeness (QED) is 0.0899. The van der Waals surface area contributed by atoms with Gasteiger partial charge >= 0.3 is 15.1 Å². The summed E-state index contributed by atoms with van der Waals surface area (Å²) in [5.74, 6) is 4.62. The van der Waals surface area contributed by atoms with E-state index >= 15 is 0 Å². The van der Waals surface area contributed by atoms with E-state index in [-0.39, 0.29) is 23.7 Å². The van der Waals surface area contributed by atoms with Gasteiger partial charge in [0.15, 0.2) is 0 Å². The molecule has 342 valence electrons. The molecule has 0 bridgehead atoms. The van der Waals surface area contributed by atoms with Gasteiger partial charge in [0.05, 0.1) is 0 Å². The second-order valence-electron chi connectivity index (χ2n) is 19.0. The van der Waals surface area contributed by atoms with E-state index in [0.717, 1.165) is 94.2 Å². The molecule has 0 N–H and O–H groups in total. The van der Waals surface area contributed by atoms with Crippen LogP contribution in [0.4, 0.5) is 0 Å². The summed E-state index contributed by atoms with van der Waals surface area (Å²) in [6.45, 7) is 22.4. The third-order valence-electron chi connectivity index (χ3n) is 12.8. The van der Waals surface area contributed by atoms with Gasteiger partial charge in [0.2, 0.25) is 0 Å². The molecule has 0 aromatic heterocycles. The molecule has 8 aromatic carbocycles. The monoisotopic (exact) mass is 908 g/mol. The predicted octanol–water partition coefficient (Wildman–Crippen LogP) is 17.3. The molecule has 8 aromatic rings. The first kappa shape index (κ1) is 45.7. The molecule has 0 aliphatic carbocycles. The maximum Gasteiger partial charge on any atom is 0.530 e. The van der Waals surface area contributed by atoms with Crippen molar-refractivity contribution in [2.45, 2.75) is 106 Å². The van der Waals surface area contributed by atoms with Gasteiger partial charge in [-0.15, -0.1) is 0 Å². The topological polar surface area (TPSA) is 55.4 Å². The van der Waals surface area contributed by atoms with Gasteiger partial charge in [-0.3, -0.25) is 0 Å². The Kier molecular flexibility index (Phi) is 13.0. The molecule has 2 atom stereocenters. The lowest BCUT2D eigenvalue weighted by Gasteiger charge is -2.31. The molecule has 0 radical (unpaired) electrons. The summed E-state index contributed by atoms with van der Waals surface area (Å²) in [6, 6.07) is 48.8. The van der Waals surface area contributed by atoms with Crippen molar-refractivity contribution in [3.05, 3.63) is 190 Å². The fourth-order valence-corrected chi connectivity index (χ4v) is 10.3. The normalized spacial score (nSPS) is 14.7. The van der Waals surface area contributed by atoms with Crippen LogP contribution >= 0.6 is 8.60 Å². The summed E-state index contributed by atoms with van der Waals surface area (Å²) in [7, 11) is -2.06. The van der Waals surface area contributed by atoms with E-state index in [1.54, 1.807) is 0 Å². The smallest absolute Gasteiger partial charge is 0.423 e. The number of aryl methyl sites for hydroxylation is 4. The second-order valence-corrected chi connectivity index (χ2v) is 20.0. The van der Waals surface area contributed by atoms with Crippen LogP contribution in [0.25, 0.3) is 32.7 Å². The van der Waals surface area contributed by atoms with E-state index in [0.29, 0.717) is 23.0 Å². The van der Waals surface area contributed by atoms with Crippen molar-refractivity contribution >= 4 is 30.1 Å². The number of ether oxygens (including phenoxy) is 3. The van der Waals surface area contributed by atoms with E-state index in [4.69, 9.17) is 27.8 Å². The molecule has 1 aliphatic heterocycles. The molecule has 1 heterocycles. The van der Waals surface area contributed by atoms with Gasteiger partial charge in [-0.25, -0.2) is 0 Å². The molecule has 0 fully saturated rings. The Bertz CT molecular complexity index is 3050. The van der Waals surface area contributed by atoms with E-state index in [2.05, 4.69) is 210 Å². The van der Waals surface area contributed by atoms with E-state index < -0.39 is 15.1 Å². The highest BCUT2D eigenvalue weighted by Crippen LogP contribution is 2.57. The number of fused-ring (bicyclic) bond motifs is 4. The molecular formula is C60H61O6P. The fourth-order valence-electron chi connectivity index (χ4n) is 9.19. The third kappa shape index (κ3) is 9.42. The van der Waals surface area contributed by atoms with Crippen molar-refractivity contribution in [3.63, 3.8) is 0 Å². The van der Waals surface area contributed by atoms with Gasteiger partial charge < -0.3 is 27.8 Å². The zero-order valence-corrected chi connectivity index (χ0v) is 41.5. The summed E-state index contributed by atoms with van der Waals surface area (Å²) >= 11 is 0. The molecule has 7 heteroatoms. The van der Waals surface area contributed by atoms with Crippen LogP contribution in [0.5, 0.6) is 34.5 Å². The highest BCUT2D eigenvalue weighted by Gasteiger charge is 2.35. The Hall–Kier alpha value is -6.49. The minimum Gasteiger partial charge on any atom is -0.423 e. The Labute approximate surface area is 397 Å². The molecule has 6 nitrogen and oxygen atoms in total. The highest BCUT2D eigenvalue weighted by atomic mass is 31.2. The molecule has 0 saturated heterocycles. The van der Waals surface area contributed by atoms with Crippen LogP contribution in [0.2, 0.25) is 0 Å². The second kappa shape index (κ2) is 19.0. The Morgan fingerprint density at radius 2 is 0.940 bits per heavy atom. The maximum atomic E-state index is 7.39. The summed E-state index contributed by atoms with van der Waals surface area (Å²) in [6.07, 6.45) is 0. The molecular weight excluding hydrogens is 848 g/mol. The van der Waals surface area contributed by atoms with Crippen LogP contribution in [0, 0.1) is 27.7 Å². The van der Waals surface area contributed by atoms with Crippen molar-refractivity contribution in [2.75, 3.05) is 0 Å². The number of rotatable bonds is 12. The van der Waals surface area contributed by atoms with Gasteiger partial charge in [0, 0.05) is 28.2 Å². The lowest BCUT2D eigenvalue weighted by molar-refractivity contribution is -0.140. The van der Waals surface area contributed by atoms with E-state index in [9.17, 15) is 0 Å². The van der Waals surface area contributed by atoms with Gasteiger partial charge in [0.1, 0.15) is 34.5 Å². The standard InChI is InChI=1S/C60H61O6P/c1-35(2)45-25-20-38(7)30-53(45)62-60(63-54-31-39(8)21-26-46(54)36(3)4)61-52-29-24-43-16-12-14-18-49(43)57(52)58-50-19-15-13-17-44(50)34-51-42(11)48-28-23-41(10)33-56(48)65-67(66-59(51)58)64-55-32-40(9)22-27-47(55)37(5)6/h12-37,42,60H,1-11H3.